The van der Waals surface area contributed by atoms with E-state index in [0.717, 1.165) is 11.1 Å². The van der Waals surface area contributed by atoms with Crippen LogP contribution in [-0.2, 0) is 0 Å². The van der Waals surface area contributed by atoms with Gasteiger partial charge in [-0.05, 0) is 17.3 Å². The lowest BCUT2D eigenvalue weighted by Gasteiger charge is -2.08. The highest BCUT2D eigenvalue weighted by Crippen LogP contribution is 2.38. The first-order valence-electron chi connectivity index (χ1n) is 5.79. The van der Waals surface area contributed by atoms with Gasteiger partial charge >= 0.3 is 0 Å². The molecule has 0 bridgehead atoms. The van der Waals surface area contributed by atoms with Gasteiger partial charge in [-0.3, -0.25) is 15.3 Å². The molecule has 0 amide bonds. The molecule has 0 atom stereocenters. The van der Waals surface area contributed by atoms with Crippen LogP contribution in [0.3, 0.4) is 0 Å². The third-order valence-electron chi connectivity index (χ3n) is 3.07. The van der Waals surface area contributed by atoms with Crippen LogP contribution in [0.4, 0.5) is 11.6 Å². The van der Waals surface area contributed by atoms with E-state index in [9.17, 15) is 10.1 Å². The number of aromatic nitrogens is 1. The summed E-state index contributed by atoms with van der Waals surface area (Å²) in [5.41, 5.74) is 2.91. The lowest BCUT2D eigenvalue weighted by molar-refractivity contribution is 0.385. The molecule has 2 aromatic carbocycles. The summed E-state index contributed by atoms with van der Waals surface area (Å²) >= 11 is 0. The fourth-order valence-corrected chi connectivity index (χ4v) is 2.26. The molecule has 0 fully saturated rings. The fourth-order valence-electron chi connectivity index (χ4n) is 2.26. The van der Waals surface area contributed by atoms with E-state index in [-0.39, 0.29) is 5.82 Å². The molecule has 0 saturated heterocycles. The molecule has 0 unspecified atom stereocenters. The highest BCUT2D eigenvalue weighted by Gasteiger charge is 2.17. The van der Waals surface area contributed by atoms with E-state index in [4.69, 9.17) is 0 Å². The van der Waals surface area contributed by atoms with Gasteiger partial charge in [-0.1, -0.05) is 42.5 Å². The van der Waals surface area contributed by atoms with E-state index in [1.54, 1.807) is 10.6 Å². The molecule has 94 valence electrons. The molecule has 0 aliphatic heterocycles. The zero-order valence-corrected chi connectivity index (χ0v) is 9.95. The van der Waals surface area contributed by atoms with Crippen LogP contribution in [0.2, 0.25) is 0 Å². The van der Waals surface area contributed by atoms with Crippen molar-refractivity contribution in [3.63, 3.8) is 0 Å². The van der Waals surface area contributed by atoms with Crippen LogP contribution in [0.5, 0.6) is 0 Å². The Morgan fingerprint density at radius 1 is 0.947 bits per heavy atom. The summed E-state index contributed by atoms with van der Waals surface area (Å²) in [5, 5.41) is 13.9. The molecule has 0 spiro atoms. The van der Waals surface area contributed by atoms with Gasteiger partial charge in [-0.2, -0.15) is 0 Å². The number of nitrogens with zero attached hydrogens (tertiary/aromatic N) is 2. The third kappa shape index (κ3) is 1.68. The van der Waals surface area contributed by atoms with E-state index >= 15 is 0 Å². The highest BCUT2D eigenvalue weighted by molar-refractivity contribution is 6.02. The van der Waals surface area contributed by atoms with Crippen LogP contribution in [0.25, 0.3) is 16.5 Å². The second-order valence-corrected chi connectivity index (χ2v) is 4.09. The largest absolute Gasteiger partial charge is 0.290 e. The quantitative estimate of drug-likeness (QED) is 0.550. The predicted octanol–water partition coefficient (Wildman–Crippen LogP) is 3.83. The number of benzene rings is 2. The Morgan fingerprint density at radius 2 is 1.58 bits per heavy atom. The molecule has 0 radical (unpaired) electrons. The summed E-state index contributed by atoms with van der Waals surface area (Å²) in [5.74, 6) is 0.690. The number of nitrogens with one attached hydrogen (secondary N) is 1. The van der Waals surface area contributed by atoms with Gasteiger partial charge in [0.25, 0.3) is 0 Å². The van der Waals surface area contributed by atoms with Crippen molar-refractivity contribution in [2.45, 2.75) is 0 Å². The molecule has 1 heterocycles. The van der Waals surface area contributed by atoms with Crippen LogP contribution < -0.4 is 5.48 Å². The molecule has 0 aliphatic carbocycles. The summed E-state index contributed by atoms with van der Waals surface area (Å²) < 4.78 is 1.59. The molecule has 0 aliphatic rings. The van der Waals surface area contributed by atoms with Gasteiger partial charge in [-0.15, -0.1) is 4.91 Å². The van der Waals surface area contributed by atoms with Crippen molar-refractivity contribution in [1.82, 2.24) is 4.57 Å². The summed E-state index contributed by atoms with van der Waals surface area (Å²) in [6.45, 7) is 0. The Balaban J connectivity index is 2.43. The first-order chi connectivity index (χ1) is 9.36. The van der Waals surface area contributed by atoms with Crippen molar-refractivity contribution in [2.24, 2.45) is 5.18 Å². The van der Waals surface area contributed by atoms with Crippen molar-refractivity contribution in [2.75, 3.05) is 5.48 Å². The molecule has 1 aromatic heterocycles. The van der Waals surface area contributed by atoms with E-state index in [0.29, 0.717) is 11.2 Å². The Labute approximate surface area is 109 Å². The minimum atomic E-state index is 0.262. The highest BCUT2D eigenvalue weighted by atomic mass is 16.5. The van der Waals surface area contributed by atoms with E-state index < -0.39 is 0 Å². The van der Waals surface area contributed by atoms with Gasteiger partial charge in [-0.25, -0.2) is 0 Å². The van der Waals surface area contributed by atoms with Crippen LogP contribution in [0.1, 0.15) is 0 Å². The lowest BCUT2D eigenvalue weighted by Crippen LogP contribution is -2.00. The van der Waals surface area contributed by atoms with Crippen molar-refractivity contribution in [1.29, 1.82) is 0 Å². The van der Waals surface area contributed by atoms with Crippen molar-refractivity contribution in [3.05, 3.63) is 59.5 Å². The minimum Gasteiger partial charge on any atom is -0.290 e. The van der Waals surface area contributed by atoms with E-state index in [1.807, 2.05) is 48.5 Å². The lowest BCUT2D eigenvalue weighted by atomic mass is 10.2. The van der Waals surface area contributed by atoms with Gasteiger partial charge < -0.3 is 0 Å². The number of anilines is 1. The van der Waals surface area contributed by atoms with Gasteiger partial charge in [0.05, 0.1) is 0 Å². The summed E-state index contributed by atoms with van der Waals surface area (Å²) in [6.07, 6.45) is 0. The topological polar surface area (TPSA) is 66.6 Å². The molecular formula is C14H11N3O2. The van der Waals surface area contributed by atoms with Crippen LogP contribution >= 0.6 is 0 Å². The maximum atomic E-state index is 11.2. The number of rotatable bonds is 3. The van der Waals surface area contributed by atoms with Crippen LogP contribution in [0, 0.1) is 4.91 Å². The SMILES string of the molecule is O=Nc1c2ccccc2c(NO)n1-c1ccccc1. The number of nitroso groups, excluding NO2 is 1. The van der Waals surface area contributed by atoms with Gasteiger partial charge in [0.2, 0.25) is 0 Å². The minimum absolute atomic E-state index is 0.262. The predicted molar refractivity (Wildman–Crippen MR) is 74.1 cm³/mol. The zero-order valence-electron chi connectivity index (χ0n) is 9.95. The second kappa shape index (κ2) is 4.55. The molecular weight excluding hydrogens is 242 g/mol. The summed E-state index contributed by atoms with van der Waals surface area (Å²) in [4.78, 5) is 11.2. The molecule has 3 rings (SSSR count). The smallest absolute Gasteiger partial charge is 0.191 e. The normalized spacial score (nSPS) is 10.6. The molecule has 2 N–H and O–H groups in total. The zero-order chi connectivity index (χ0) is 13.2. The standard InChI is InChI=1S/C14H11N3O2/c18-15-13-11-8-4-5-9-12(11)14(16-19)17(13)10-6-2-1-3-7-10/h1-9,15,18H. The maximum absolute atomic E-state index is 11.2. The number of hydrogen-bond acceptors (Lipinski definition) is 4. The molecule has 0 saturated carbocycles. The Morgan fingerprint density at radius 3 is 2.21 bits per heavy atom. The maximum Gasteiger partial charge on any atom is 0.191 e. The van der Waals surface area contributed by atoms with Gasteiger partial charge in [0, 0.05) is 16.5 Å². The average Bonchev–Trinajstić information content (AvgIpc) is 2.81. The van der Waals surface area contributed by atoms with Crippen molar-refractivity contribution >= 4 is 22.4 Å². The Hall–Kier alpha value is -2.66. The van der Waals surface area contributed by atoms with Crippen molar-refractivity contribution in [3.8, 4) is 5.69 Å². The Bertz CT molecular complexity index is 735. The summed E-state index contributed by atoms with van der Waals surface area (Å²) in [6, 6.07) is 16.6. The third-order valence-corrected chi connectivity index (χ3v) is 3.07. The van der Waals surface area contributed by atoms with Gasteiger partial charge in [0.1, 0.15) is 5.82 Å². The van der Waals surface area contributed by atoms with E-state index in [2.05, 4.69) is 10.7 Å². The first kappa shape index (κ1) is 11.4. The van der Waals surface area contributed by atoms with Crippen LogP contribution in [0.15, 0.2) is 59.8 Å². The molecule has 19 heavy (non-hydrogen) atoms. The van der Waals surface area contributed by atoms with Crippen molar-refractivity contribution < 1.29 is 5.21 Å². The number of para-hydroxylation sites is 1. The summed E-state index contributed by atoms with van der Waals surface area (Å²) in [7, 11) is 0. The Kier molecular flexibility index (Phi) is 2.74. The number of fused-ring (bicyclic) bond motifs is 1. The molecule has 5 heteroatoms. The fraction of sp³-hybridized carbons (Fsp3) is 0. The number of hydrogen-bond donors (Lipinski definition) is 2. The first-order valence-corrected chi connectivity index (χ1v) is 5.79. The van der Waals surface area contributed by atoms with Gasteiger partial charge in [0.15, 0.2) is 5.82 Å². The second-order valence-electron chi connectivity index (χ2n) is 4.09. The van der Waals surface area contributed by atoms with Crippen LogP contribution in [-0.4, -0.2) is 9.77 Å². The van der Waals surface area contributed by atoms with E-state index in [1.165, 1.54) is 0 Å². The molecule has 5 nitrogen and oxygen atoms in total. The monoisotopic (exact) mass is 253 g/mol. The average molecular weight is 253 g/mol. The molecule has 3 aromatic rings.